The fourth-order valence-corrected chi connectivity index (χ4v) is 2.56. The molecule has 1 aliphatic rings. The van der Waals surface area contributed by atoms with Crippen LogP contribution in [0.1, 0.15) is 10.3 Å². The Morgan fingerprint density at radius 1 is 1.53 bits per heavy atom. The molecular weight excluding hydrogens is 234 g/mol. The normalized spacial score (nSPS) is 18.9. The van der Waals surface area contributed by atoms with Crippen LogP contribution in [0.5, 0.6) is 0 Å². The lowest BCUT2D eigenvalue weighted by molar-refractivity contribution is -0.134. The van der Waals surface area contributed by atoms with Crippen LogP contribution in [0.15, 0.2) is 17.5 Å². The molecule has 1 unspecified atom stereocenters. The number of carbonyl (C=O) groups is 1. The topological polar surface area (TPSA) is 29.5 Å². The van der Waals surface area contributed by atoms with Gasteiger partial charge in [-0.15, -0.1) is 22.9 Å². The van der Waals surface area contributed by atoms with Crippen molar-refractivity contribution in [3.63, 3.8) is 0 Å². The summed E-state index contributed by atoms with van der Waals surface area (Å²) in [6.07, 6.45) is 0. The molecular formula is C10H12ClNO2S. The lowest BCUT2D eigenvalue weighted by atomic mass is 10.3. The van der Waals surface area contributed by atoms with E-state index in [1.807, 2.05) is 17.5 Å². The van der Waals surface area contributed by atoms with Gasteiger partial charge in [-0.1, -0.05) is 6.07 Å². The number of hydrogen-bond donors (Lipinski definition) is 0. The first-order valence-corrected chi connectivity index (χ1v) is 6.14. The standard InChI is InChI=1S/C10H12ClNO2S/c11-9(8-2-1-7-15-8)10(13)12-3-5-14-6-4-12/h1-2,7,9H,3-6H2. The second-order valence-electron chi connectivity index (χ2n) is 3.32. The summed E-state index contributed by atoms with van der Waals surface area (Å²) in [6, 6.07) is 3.79. The molecule has 0 saturated carbocycles. The summed E-state index contributed by atoms with van der Waals surface area (Å²) in [7, 11) is 0. The third kappa shape index (κ3) is 2.51. The molecule has 1 aromatic rings. The van der Waals surface area contributed by atoms with E-state index in [0.29, 0.717) is 26.3 Å². The third-order valence-electron chi connectivity index (χ3n) is 2.33. The van der Waals surface area contributed by atoms with Crippen molar-refractivity contribution in [3.8, 4) is 0 Å². The smallest absolute Gasteiger partial charge is 0.246 e. The summed E-state index contributed by atoms with van der Waals surface area (Å²) in [6.45, 7) is 2.51. The van der Waals surface area contributed by atoms with E-state index < -0.39 is 5.38 Å². The quantitative estimate of drug-likeness (QED) is 0.745. The molecule has 0 aromatic carbocycles. The predicted octanol–water partition coefficient (Wildman–Crippen LogP) is 1.89. The average Bonchev–Trinajstić information content (AvgIpc) is 2.82. The van der Waals surface area contributed by atoms with Crippen molar-refractivity contribution in [1.29, 1.82) is 0 Å². The van der Waals surface area contributed by atoms with Crippen LogP contribution in [0.4, 0.5) is 0 Å². The van der Waals surface area contributed by atoms with E-state index in [9.17, 15) is 4.79 Å². The Labute approximate surface area is 97.6 Å². The van der Waals surface area contributed by atoms with E-state index >= 15 is 0 Å². The summed E-state index contributed by atoms with van der Waals surface area (Å²) in [5.74, 6) is -0.0117. The van der Waals surface area contributed by atoms with Gasteiger partial charge in [-0.3, -0.25) is 4.79 Å². The third-order valence-corrected chi connectivity index (χ3v) is 3.82. The van der Waals surface area contributed by atoms with Crippen molar-refractivity contribution in [1.82, 2.24) is 4.90 Å². The minimum absolute atomic E-state index is 0.0117. The number of amides is 1. The van der Waals surface area contributed by atoms with Crippen LogP contribution in [0, 0.1) is 0 Å². The molecule has 1 aliphatic heterocycles. The molecule has 0 spiro atoms. The zero-order valence-electron chi connectivity index (χ0n) is 8.19. The highest BCUT2D eigenvalue weighted by Crippen LogP contribution is 2.27. The van der Waals surface area contributed by atoms with Gasteiger partial charge in [-0.2, -0.15) is 0 Å². The van der Waals surface area contributed by atoms with Crippen LogP contribution in [0.3, 0.4) is 0 Å². The number of rotatable bonds is 2. The van der Waals surface area contributed by atoms with Gasteiger partial charge >= 0.3 is 0 Å². The minimum Gasteiger partial charge on any atom is -0.378 e. The molecule has 3 nitrogen and oxygen atoms in total. The van der Waals surface area contributed by atoms with Gasteiger partial charge in [0.2, 0.25) is 5.91 Å². The molecule has 1 atom stereocenters. The maximum Gasteiger partial charge on any atom is 0.246 e. The van der Waals surface area contributed by atoms with Crippen LogP contribution in [0.25, 0.3) is 0 Å². The van der Waals surface area contributed by atoms with E-state index in [2.05, 4.69) is 0 Å². The van der Waals surface area contributed by atoms with Crippen LogP contribution in [0.2, 0.25) is 0 Å². The number of ether oxygens (including phenoxy) is 1. The first-order valence-electron chi connectivity index (χ1n) is 4.83. The SMILES string of the molecule is O=C(C(Cl)c1cccs1)N1CCOCC1. The fraction of sp³-hybridized carbons (Fsp3) is 0.500. The Kier molecular flexibility index (Phi) is 3.61. The molecule has 1 aromatic heterocycles. The Morgan fingerprint density at radius 3 is 2.87 bits per heavy atom. The number of morpholine rings is 1. The number of alkyl halides is 1. The van der Waals surface area contributed by atoms with Gasteiger partial charge in [0, 0.05) is 18.0 Å². The molecule has 82 valence electrons. The fourth-order valence-electron chi connectivity index (χ4n) is 1.50. The summed E-state index contributed by atoms with van der Waals surface area (Å²) < 4.78 is 5.19. The second kappa shape index (κ2) is 4.96. The first kappa shape index (κ1) is 10.9. The zero-order chi connectivity index (χ0) is 10.7. The van der Waals surface area contributed by atoms with Gasteiger partial charge in [0.1, 0.15) is 5.38 Å². The largest absolute Gasteiger partial charge is 0.378 e. The predicted molar refractivity (Wildman–Crippen MR) is 60.3 cm³/mol. The van der Waals surface area contributed by atoms with Gasteiger partial charge in [-0.05, 0) is 11.4 Å². The Bertz CT molecular complexity index is 322. The van der Waals surface area contributed by atoms with Crippen molar-refractivity contribution in [2.24, 2.45) is 0 Å². The summed E-state index contributed by atoms with van der Waals surface area (Å²) in [4.78, 5) is 14.6. The number of hydrogen-bond acceptors (Lipinski definition) is 3. The maximum atomic E-state index is 11.9. The first-order chi connectivity index (χ1) is 7.29. The van der Waals surface area contributed by atoms with Crippen LogP contribution < -0.4 is 0 Å². The van der Waals surface area contributed by atoms with Crippen molar-refractivity contribution in [3.05, 3.63) is 22.4 Å². The molecule has 1 fully saturated rings. The average molecular weight is 246 g/mol. The Morgan fingerprint density at radius 2 is 2.27 bits per heavy atom. The van der Waals surface area contributed by atoms with Gasteiger partial charge in [0.15, 0.2) is 0 Å². The van der Waals surface area contributed by atoms with Gasteiger partial charge < -0.3 is 9.64 Å². The van der Waals surface area contributed by atoms with Gasteiger partial charge in [0.25, 0.3) is 0 Å². The van der Waals surface area contributed by atoms with E-state index in [1.54, 1.807) is 4.90 Å². The molecule has 0 radical (unpaired) electrons. The van der Waals surface area contributed by atoms with Crippen molar-refractivity contribution >= 4 is 28.8 Å². The van der Waals surface area contributed by atoms with Crippen LogP contribution >= 0.6 is 22.9 Å². The van der Waals surface area contributed by atoms with Crippen molar-refractivity contribution < 1.29 is 9.53 Å². The van der Waals surface area contributed by atoms with E-state index in [-0.39, 0.29) is 5.91 Å². The van der Waals surface area contributed by atoms with E-state index in [1.165, 1.54) is 11.3 Å². The molecule has 0 N–H and O–H groups in total. The molecule has 2 rings (SSSR count). The Balaban J connectivity index is 2.00. The summed E-state index contributed by atoms with van der Waals surface area (Å²) in [5, 5.41) is 1.39. The zero-order valence-corrected chi connectivity index (χ0v) is 9.76. The minimum atomic E-state index is -0.539. The summed E-state index contributed by atoms with van der Waals surface area (Å²) >= 11 is 7.62. The lowest BCUT2D eigenvalue weighted by Crippen LogP contribution is -2.42. The van der Waals surface area contributed by atoms with Crippen molar-refractivity contribution in [2.45, 2.75) is 5.38 Å². The Hall–Kier alpha value is -0.580. The summed E-state index contributed by atoms with van der Waals surface area (Å²) in [5.41, 5.74) is 0. The number of nitrogens with zero attached hydrogens (tertiary/aromatic N) is 1. The number of halogens is 1. The van der Waals surface area contributed by atoms with Crippen LogP contribution in [-0.2, 0) is 9.53 Å². The number of carbonyl (C=O) groups excluding carboxylic acids is 1. The molecule has 0 aliphatic carbocycles. The number of thiophene rings is 1. The van der Waals surface area contributed by atoms with Crippen molar-refractivity contribution in [2.75, 3.05) is 26.3 Å². The molecule has 0 bridgehead atoms. The van der Waals surface area contributed by atoms with Gasteiger partial charge in [-0.25, -0.2) is 0 Å². The monoisotopic (exact) mass is 245 g/mol. The highest BCUT2D eigenvalue weighted by molar-refractivity contribution is 7.10. The molecule has 1 amide bonds. The second-order valence-corrected chi connectivity index (χ2v) is 4.73. The maximum absolute atomic E-state index is 11.9. The molecule has 1 saturated heterocycles. The van der Waals surface area contributed by atoms with Crippen LogP contribution in [-0.4, -0.2) is 37.1 Å². The molecule has 15 heavy (non-hydrogen) atoms. The highest BCUT2D eigenvalue weighted by atomic mass is 35.5. The molecule has 5 heteroatoms. The van der Waals surface area contributed by atoms with E-state index in [0.717, 1.165) is 4.88 Å². The highest BCUT2D eigenvalue weighted by Gasteiger charge is 2.25. The van der Waals surface area contributed by atoms with E-state index in [4.69, 9.17) is 16.3 Å². The lowest BCUT2D eigenvalue weighted by Gasteiger charge is -2.28. The van der Waals surface area contributed by atoms with Gasteiger partial charge in [0.05, 0.1) is 13.2 Å². The molecule has 2 heterocycles.